The van der Waals surface area contributed by atoms with Crippen LogP contribution in [0.25, 0.3) is 0 Å². The Kier molecular flexibility index (Phi) is 5.86. The molecule has 0 amide bonds. The van der Waals surface area contributed by atoms with E-state index < -0.39 is 6.10 Å². The van der Waals surface area contributed by atoms with E-state index in [-0.39, 0.29) is 0 Å². The molecule has 1 aliphatic carbocycles. The van der Waals surface area contributed by atoms with Crippen molar-refractivity contribution in [1.29, 1.82) is 0 Å². The predicted molar refractivity (Wildman–Crippen MR) is 82.0 cm³/mol. The van der Waals surface area contributed by atoms with E-state index in [1.807, 2.05) is 24.3 Å². The smallest absolute Gasteiger partial charge is 0.119 e. The van der Waals surface area contributed by atoms with Gasteiger partial charge in [0.1, 0.15) is 5.75 Å². The Hall–Kier alpha value is -1.06. The average Bonchev–Trinajstić information content (AvgIpc) is 2.53. The molecule has 1 fully saturated rings. The molecule has 0 aromatic heterocycles. The van der Waals surface area contributed by atoms with E-state index in [1.165, 1.54) is 32.1 Å². The standard InChI is InChI=1S/C17H27NO2/c1-13(14-7-4-3-5-8-14)18-12-17(19)15-9-6-10-16(11-15)20-2/h6,9-11,13-14,17-19H,3-5,7-8,12H2,1-2H3/t13-,17?/m1/s1. The van der Waals surface area contributed by atoms with Gasteiger partial charge < -0.3 is 15.2 Å². The van der Waals surface area contributed by atoms with Crippen LogP contribution >= 0.6 is 0 Å². The fourth-order valence-electron chi connectivity index (χ4n) is 3.06. The van der Waals surface area contributed by atoms with Gasteiger partial charge in [0.15, 0.2) is 0 Å². The number of benzene rings is 1. The highest BCUT2D eigenvalue weighted by atomic mass is 16.5. The van der Waals surface area contributed by atoms with Crippen molar-refractivity contribution in [2.45, 2.75) is 51.2 Å². The lowest BCUT2D eigenvalue weighted by molar-refractivity contribution is 0.160. The number of hydrogen-bond donors (Lipinski definition) is 2. The van der Waals surface area contributed by atoms with E-state index in [9.17, 15) is 5.11 Å². The highest BCUT2D eigenvalue weighted by Crippen LogP contribution is 2.26. The van der Waals surface area contributed by atoms with Gasteiger partial charge in [-0.3, -0.25) is 0 Å². The van der Waals surface area contributed by atoms with Crippen molar-refractivity contribution < 1.29 is 9.84 Å². The molecule has 2 rings (SSSR count). The number of methoxy groups -OCH3 is 1. The summed E-state index contributed by atoms with van der Waals surface area (Å²) in [6.07, 6.45) is 6.27. The molecule has 0 bridgehead atoms. The summed E-state index contributed by atoms with van der Waals surface area (Å²) >= 11 is 0. The fraction of sp³-hybridized carbons (Fsp3) is 0.647. The molecule has 0 aliphatic heterocycles. The van der Waals surface area contributed by atoms with Crippen LogP contribution in [0.4, 0.5) is 0 Å². The second-order valence-corrected chi connectivity index (χ2v) is 5.89. The lowest BCUT2D eigenvalue weighted by Gasteiger charge is -2.29. The zero-order valence-electron chi connectivity index (χ0n) is 12.6. The summed E-state index contributed by atoms with van der Waals surface area (Å²) in [5.74, 6) is 1.56. The molecule has 0 radical (unpaired) electrons. The SMILES string of the molecule is COc1cccc(C(O)CN[C@H](C)C2CCCCC2)c1. The molecule has 0 heterocycles. The van der Waals surface area contributed by atoms with Crippen molar-refractivity contribution in [2.24, 2.45) is 5.92 Å². The topological polar surface area (TPSA) is 41.5 Å². The largest absolute Gasteiger partial charge is 0.497 e. The van der Waals surface area contributed by atoms with Crippen LogP contribution in [-0.2, 0) is 0 Å². The number of aliphatic hydroxyl groups excluding tert-OH is 1. The highest BCUT2D eigenvalue weighted by Gasteiger charge is 2.20. The van der Waals surface area contributed by atoms with E-state index in [0.29, 0.717) is 12.6 Å². The van der Waals surface area contributed by atoms with Crippen molar-refractivity contribution in [3.05, 3.63) is 29.8 Å². The number of rotatable bonds is 6. The lowest BCUT2D eigenvalue weighted by atomic mass is 9.84. The van der Waals surface area contributed by atoms with Gasteiger partial charge in [0, 0.05) is 12.6 Å². The van der Waals surface area contributed by atoms with Crippen molar-refractivity contribution in [3.8, 4) is 5.75 Å². The molecule has 0 spiro atoms. The maximum atomic E-state index is 10.3. The third-order valence-corrected chi connectivity index (χ3v) is 4.47. The Morgan fingerprint density at radius 1 is 1.30 bits per heavy atom. The third-order valence-electron chi connectivity index (χ3n) is 4.47. The average molecular weight is 277 g/mol. The van der Waals surface area contributed by atoms with Gasteiger partial charge in [-0.05, 0) is 43.4 Å². The molecule has 20 heavy (non-hydrogen) atoms. The molecule has 1 unspecified atom stereocenters. The first-order valence-corrected chi connectivity index (χ1v) is 7.76. The van der Waals surface area contributed by atoms with Crippen LogP contribution in [-0.4, -0.2) is 24.8 Å². The molecule has 3 nitrogen and oxygen atoms in total. The number of ether oxygens (including phenoxy) is 1. The second kappa shape index (κ2) is 7.65. The summed E-state index contributed by atoms with van der Waals surface area (Å²) in [6.45, 7) is 2.85. The lowest BCUT2D eigenvalue weighted by Crippen LogP contribution is -2.37. The zero-order chi connectivity index (χ0) is 14.4. The number of hydrogen-bond acceptors (Lipinski definition) is 3. The van der Waals surface area contributed by atoms with Crippen LogP contribution in [0.5, 0.6) is 5.75 Å². The van der Waals surface area contributed by atoms with Gasteiger partial charge >= 0.3 is 0 Å². The molecular formula is C17H27NO2. The van der Waals surface area contributed by atoms with Crippen LogP contribution in [0, 0.1) is 5.92 Å². The third kappa shape index (κ3) is 4.22. The minimum Gasteiger partial charge on any atom is -0.497 e. The molecule has 0 saturated heterocycles. The Morgan fingerprint density at radius 3 is 2.75 bits per heavy atom. The van der Waals surface area contributed by atoms with Gasteiger partial charge in [-0.1, -0.05) is 31.4 Å². The first-order chi connectivity index (χ1) is 9.70. The quantitative estimate of drug-likeness (QED) is 0.838. The van der Waals surface area contributed by atoms with E-state index in [0.717, 1.165) is 17.2 Å². The van der Waals surface area contributed by atoms with Crippen molar-refractivity contribution in [2.75, 3.05) is 13.7 Å². The Morgan fingerprint density at radius 2 is 2.05 bits per heavy atom. The molecular weight excluding hydrogens is 250 g/mol. The molecule has 2 N–H and O–H groups in total. The van der Waals surface area contributed by atoms with Crippen LogP contribution in [0.2, 0.25) is 0 Å². The normalized spacial score (nSPS) is 19.6. The molecule has 2 atom stereocenters. The van der Waals surface area contributed by atoms with Gasteiger partial charge in [-0.15, -0.1) is 0 Å². The first-order valence-electron chi connectivity index (χ1n) is 7.76. The Labute approximate surface area is 122 Å². The van der Waals surface area contributed by atoms with Gasteiger partial charge in [-0.25, -0.2) is 0 Å². The predicted octanol–water partition coefficient (Wildman–Crippen LogP) is 3.29. The zero-order valence-corrected chi connectivity index (χ0v) is 12.6. The van der Waals surface area contributed by atoms with Gasteiger partial charge in [0.25, 0.3) is 0 Å². The van der Waals surface area contributed by atoms with Crippen molar-refractivity contribution in [3.63, 3.8) is 0 Å². The number of aliphatic hydroxyl groups is 1. The van der Waals surface area contributed by atoms with Gasteiger partial charge in [0.05, 0.1) is 13.2 Å². The summed E-state index contributed by atoms with van der Waals surface area (Å²) in [4.78, 5) is 0. The van der Waals surface area contributed by atoms with E-state index in [2.05, 4.69) is 12.2 Å². The Bertz CT molecular complexity index is 402. The van der Waals surface area contributed by atoms with Crippen LogP contribution in [0.15, 0.2) is 24.3 Å². The van der Waals surface area contributed by atoms with E-state index >= 15 is 0 Å². The van der Waals surface area contributed by atoms with Gasteiger partial charge in [-0.2, -0.15) is 0 Å². The van der Waals surface area contributed by atoms with Gasteiger partial charge in [0.2, 0.25) is 0 Å². The molecule has 1 aromatic carbocycles. The summed E-state index contributed by atoms with van der Waals surface area (Å²) < 4.78 is 5.19. The minimum atomic E-state index is -0.476. The Balaban J connectivity index is 1.82. The van der Waals surface area contributed by atoms with E-state index in [4.69, 9.17) is 4.74 Å². The van der Waals surface area contributed by atoms with Crippen LogP contribution in [0.3, 0.4) is 0 Å². The van der Waals surface area contributed by atoms with Crippen LogP contribution < -0.4 is 10.1 Å². The summed E-state index contributed by atoms with van der Waals surface area (Å²) in [6, 6.07) is 8.14. The molecule has 3 heteroatoms. The minimum absolute atomic E-state index is 0.476. The monoisotopic (exact) mass is 277 g/mol. The van der Waals surface area contributed by atoms with E-state index in [1.54, 1.807) is 7.11 Å². The molecule has 1 aromatic rings. The maximum Gasteiger partial charge on any atom is 0.119 e. The van der Waals surface area contributed by atoms with Crippen molar-refractivity contribution in [1.82, 2.24) is 5.32 Å². The maximum absolute atomic E-state index is 10.3. The number of nitrogens with one attached hydrogen (secondary N) is 1. The summed E-state index contributed by atoms with van der Waals surface area (Å²) in [7, 11) is 1.65. The summed E-state index contributed by atoms with van der Waals surface area (Å²) in [5, 5.41) is 13.8. The molecule has 1 saturated carbocycles. The highest BCUT2D eigenvalue weighted by molar-refractivity contribution is 5.29. The molecule has 112 valence electrons. The molecule has 1 aliphatic rings. The first kappa shape index (κ1) is 15.3. The van der Waals surface area contributed by atoms with Crippen LogP contribution in [0.1, 0.15) is 50.7 Å². The fourth-order valence-corrected chi connectivity index (χ4v) is 3.06. The van der Waals surface area contributed by atoms with Crippen molar-refractivity contribution >= 4 is 0 Å². The second-order valence-electron chi connectivity index (χ2n) is 5.89. The summed E-state index contributed by atoms with van der Waals surface area (Å²) in [5.41, 5.74) is 0.910.